The van der Waals surface area contributed by atoms with Crippen LogP contribution in [0.25, 0.3) is 6.08 Å². The topological polar surface area (TPSA) is 35.0 Å². The fourth-order valence-corrected chi connectivity index (χ4v) is 5.28. The molecule has 0 saturated carbocycles. The molecule has 0 aliphatic carbocycles. The van der Waals surface area contributed by atoms with E-state index in [1.54, 1.807) is 0 Å². The summed E-state index contributed by atoms with van der Waals surface area (Å²) < 4.78 is 0. The van der Waals surface area contributed by atoms with E-state index in [1.807, 2.05) is 24.4 Å². The van der Waals surface area contributed by atoms with Crippen LogP contribution in [0.2, 0.25) is 0 Å². The first-order chi connectivity index (χ1) is 18.1. The van der Waals surface area contributed by atoms with Gasteiger partial charge in [-0.15, -0.1) is 0 Å². The second-order valence-corrected chi connectivity index (χ2v) is 9.38. The Labute approximate surface area is 223 Å². The summed E-state index contributed by atoms with van der Waals surface area (Å²) in [5.74, 6) is 1.15. The highest BCUT2D eigenvalue weighted by Gasteiger charge is 2.37. The minimum absolute atomic E-state index is 0.107. The van der Waals surface area contributed by atoms with Gasteiger partial charge in [0.2, 0.25) is 0 Å². The molecule has 37 heavy (non-hydrogen) atoms. The van der Waals surface area contributed by atoms with E-state index in [0.717, 1.165) is 44.1 Å². The van der Waals surface area contributed by atoms with Gasteiger partial charge in [0.25, 0.3) is 0 Å². The predicted octanol–water partition coefficient (Wildman–Crippen LogP) is 7.43. The number of anilines is 3. The number of hydrogen-bond donors (Lipinski definition) is 0. The van der Waals surface area contributed by atoms with Gasteiger partial charge in [-0.3, -0.25) is 0 Å². The zero-order valence-electron chi connectivity index (χ0n) is 23.0. The molecule has 0 radical (unpaired) electrons. The highest BCUT2D eigenvalue weighted by molar-refractivity contribution is 6.02. The van der Waals surface area contributed by atoms with E-state index in [1.165, 1.54) is 22.5 Å². The molecule has 2 atom stereocenters. The average Bonchev–Trinajstić information content (AvgIpc) is 3.33. The zero-order valence-corrected chi connectivity index (χ0v) is 23.0. The Bertz CT molecular complexity index is 1160. The first-order valence-electron chi connectivity index (χ1n) is 13.8. The molecule has 0 N–H and O–H groups in total. The third kappa shape index (κ3) is 5.87. The molecule has 4 rings (SSSR count). The van der Waals surface area contributed by atoms with E-state index >= 15 is 0 Å². The number of nitrogens with zero attached hydrogens (tertiary/aromatic N) is 5. The van der Waals surface area contributed by atoms with Crippen molar-refractivity contribution < 1.29 is 0 Å². The van der Waals surface area contributed by atoms with E-state index in [0.29, 0.717) is 0 Å². The molecule has 3 aromatic rings. The van der Waals surface area contributed by atoms with Gasteiger partial charge in [-0.05, 0) is 87.7 Å². The van der Waals surface area contributed by atoms with Crippen molar-refractivity contribution in [2.75, 3.05) is 41.0 Å². The highest BCUT2D eigenvalue weighted by atomic mass is 15.5. The molecule has 2 heterocycles. The second kappa shape index (κ2) is 12.6. The summed E-state index contributed by atoms with van der Waals surface area (Å²) in [7, 11) is 0. The van der Waals surface area contributed by atoms with Crippen LogP contribution in [0.1, 0.15) is 58.2 Å². The Kier molecular flexibility index (Phi) is 8.99. The summed E-state index contributed by atoms with van der Waals surface area (Å²) in [6.45, 7) is 15.1. The summed E-state index contributed by atoms with van der Waals surface area (Å²) in [5.41, 5.74) is 6.08. The van der Waals surface area contributed by atoms with E-state index in [-0.39, 0.29) is 12.0 Å². The van der Waals surface area contributed by atoms with Crippen LogP contribution in [-0.2, 0) is 0 Å². The fourth-order valence-electron chi connectivity index (χ4n) is 5.28. The van der Waals surface area contributed by atoms with Gasteiger partial charge in [0.1, 0.15) is 5.82 Å². The Morgan fingerprint density at radius 3 is 1.84 bits per heavy atom. The molecule has 1 aromatic heterocycles. The van der Waals surface area contributed by atoms with Gasteiger partial charge < -0.3 is 9.80 Å². The van der Waals surface area contributed by atoms with Crippen LogP contribution in [0, 0.1) is 5.92 Å². The zero-order chi connectivity index (χ0) is 26.2. The molecule has 0 amide bonds. The number of pyridine rings is 1. The maximum atomic E-state index is 5.13. The van der Waals surface area contributed by atoms with Crippen molar-refractivity contribution in [3.05, 3.63) is 90.1 Å². The summed E-state index contributed by atoms with van der Waals surface area (Å²) in [6.07, 6.45) is 7.23. The number of aromatic nitrogens is 1. The Balaban J connectivity index is 1.64. The monoisotopic (exact) mass is 495 g/mol. The smallest absolute Gasteiger partial charge is 0.149 e. The van der Waals surface area contributed by atoms with Crippen LogP contribution >= 0.6 is 0 Å². The minimum atomic E-state index is 0.107. The van der Waals surface area contributed by atoms with E-state index in [4.69, 9.17) is 5.10 Å². The van der Waals surface area contributed by atoms with E-state index < -0.39 is 0 Å². The first-order valence-corrected chi connectivity index (χ1v) is 13.8. The molecule has 194 valence electrons. The van der Waals surface area contributed by atoms with Crippen molar-refractivity contribution in [1.82, 2.24) is 4.98 Å². The highest BCUT2D eigenvalue weighted by Crippen LogP contribution is 2.41. The maximum absolute atomic E-state index is 5.13. The lowest BCUT2D eigenvalue weighted by molar-refractivity contribution is 0.534. The van der Waals surface area contributed by atoms with Crippen molar-refractivity contribution in [3.8, 4) is 0 Å². The molecule has 1 aliphatic rings. The van der Waals surface area contributed by atoms with Crippen LogP contribution in [0.15, 0.2) is 84.1 Å². The van der Waals surface area contributed by atoms with Gasteiger partial charge in [-0.25, -0.2) is 9.99 Å². The number of rotatable bonds is 11. The lowest BCUT2D eigenvalue weighted by Crippen LogP contribution is -2.26. The third-order valence-corrected chi connectivity index (χ3v) is 7.40. The quantitative estimate of drug-likeness (QED) is 0.277. The molecule has 5 heteroatoms. The summed E-state index contributed by atoms with van der Waals surface area (Å²) >= 11 is 0. The van der Waals surface area contributed by atoms with Gasteiger partial charge in [-0.1, -0.05) is 43.3 Å². The van der Waals surface area contributed by atoms with Crippen molar-refractivity contribution in [1.29, 1.82) is 0 Å². The van der Waals surface area contributed by atoms with Crippen LogP contribution < -0.4 is 14.8 Å². The Morgan fingerprint density at radius 1 is 0.730 bits per heavy atom. The normalized spacial score (nSPS) is 17.3. The molecule has 1 aliphatic heterocycles. The van der Waals surface area contributed by atoms with Crippen molar-refractivity contribution >= 4 is 29.0 Å². The molecule has 5 nitrogen and oxygen atoms in total. The van der Waals surface area contributed by atoms with Crippen LogP contribution in [0.3, 0.4) is 0 Å². The largest absolute Gasteiger partial charge is 0.372 e. The van der Waals surface area contributed by atoms with Gasteiger partial charge in [0.15, 0.2) is 0 Å². The fraction of sp³-hybridized carbons (Fsp3) is 0.375. The summed E-state index contributed by atoms with van der Waals surface area (Å²) in [6, 6.07) is 24.0. The number of hydrogen-bond acceptors (Lipinski definition) is 5. The molecular formula is C32H41N5. The Hall–Kier alpha value is -3.60. The van der Waals surface area contributed by atoms with Gasteiger partial charge in [0.05, 0.1) is 11.8 Å². The van der Waals surface area contributed by atoms with Crippen LogP contribution in [-0.4, -0.2) is 36.9 Å². The third-order valence-electron chi connectivity index (χ3n) is 7.40. The average molecular weight is 496 g/mol. The summed E-state index contributed by atoms with van der Waals surface area (Å²) in [4.78, 5) is 9.40. The van der Waals surface area contributed by atoms with Crippen molar-refractivity contribution in [2.24, 2.45) is 11.0 Å². The van der Waals surface area contributed by atoms with Crippen LogP contribution in [0.5, 0.6) is 0 Å². The molecular weight excluding hydrogens is 454 g/mol. The molecule has 2 unspecified atom stereocenters. The van der Waals surface area contributed by atoms with Crippen molar-refractivity contribution in [3.63, 3.8) is 0 Å². The lowest BCUT2D eigenvalue weighted by atomic mass is 9.87. The standard InChI is InChI=1S/C32H41N5/c1-6-29-30(23-16-25-14-19-27(20-15-25)35(7-2)8-3)34-37(31-13-11-12-24-33-31)32(29)26-17-21-28(22-18-26)36(9-4)10-5/h11-24,29,32H,6-10H2,1-5H3. The summed E-state index contributed by atoms with van der Waals surface area (Å²) in [5, 5.41) is 7.24. The first kappa shape index (κ1) is 26.5. The van der Waals surface area contributed by atoms with Crippen molar-refractivity contribution in [2.45, 2.75) is 47.1 Å². The number of allylic oxidation sites excluding steroid dienone is 1. The van der Waals surface area contributed by atoms with Gasteiger partial charge in [-0.2, -0.15) is 5.10 Å². The van der Waals surface area contributed by atoms with E-state index in [9.17, 15) is 0 Å². The minimum Gasteiger partial charge on any atom is -0.372 e. The molecule has 0 bridgehead atoms. The number of benzene rings is 2. The predicted molar refractivity (Wildman–Crippen MR) is 160 cm³/mol. The van der Waals surface area contributed by atoms with Crippen LogP contribution in [0.4, 0.5) is 17.2 Å². The molecule has 0 fully saturated rings. The lowest BCUT2D eigenvalue weighted by Gasteiger charge is -2.28. The van der Waals surface area contributed by atoms with Gasteiger partial charge >= 0.3 is 0 Å². The van der Waals surface area contributed by atoms with E-state index in [2.05, 4.69) is 115 Å². The second-order valence-electron chi connectivity index (χ2n) is 9.38. The number of hydrazone groups is 1. The maximum Gasteiger partial charge on any atom is 0.149 e. The molecule has 2 aromatic carbocycles. The molecule has 0 saturated heterocycles. The Morgan fingerprint density at radius 2 is 1.32 bits per heavy atom. The van der Waals surface area contributed by atoms with Gasteiger partial charge in [0, 0.05) is 49.7 Å². The molecule has 0 spiro atoms. The SMILES string of the molecule is CCC1C(C=Cc2ccc(N(CC)CC)cc2)=NN(c2ccccn2)C1c1ccc(N(CC)CC)cc1.